The molecule has 1 amide bonds. The van der Waals surface area contributed by atoms with Crippen molar-refractivity contribution in [3.63, 3.8) is 0 Å². The summed E-state index contributed by atoms with van der Waals surface area (Å²) in [5.41, 5.74) is 7.53. The van der Waals surface area contributed by atoms with Crippen molar-refractivity contribution < 1.29 is 9.90 Å². The number of anilines is 1. The van der Waals surface area contributed by atoms with E-state index in [1.165, 1.54) is 0 Å². The number of amides is 1. The monoisotopic (exact) mass is 300 g/mol. The van der Waals surface area contributed by atoms with Crippen LogP contribution in [0.4, 0.5) is 5.69 Å². The zero-order chi connectivity index (χ0) is 16.1. The Kier molecular flexibility index (Phi) is 5.46. The van der Waals surface area contributed by atoms with E-state index in [0.29, 0.717) is 5.56 Å². The van der Waals surface area contributed by atoms with E-state index < -0.39 is 5.91 Å². The summed E-state index contributed by atoms with van der Waals surface area (Å²) in [6.45, 7) is 4.05. The lowest BCUT2D eigenvalue weighted by molar-refractivity contribution is 0.100. The van der Waals surface area contributed by atoms with E-state index in [4.69, 9.17) is 5.73 Å². The quantitative estimate of drug-likeness (QED) is 0.751. The summed E-state index contributed by atoms with van der Waals surface area (Å²) in [6, 6.07) is 5.80. The molecule has 0 aromatic heterocycles. The third kappa shape index (κ3) is 4.51. The average molecular weight is 300 g/mol. The molecule has 1 aromatic carbocycles. The minimum atomic E-state index is -0.452. The Morgan fingerprint density at radius 1 is 1.32 bits per heavy atom. The summed E-state index contributed by atoms with van der Waals surface area (Å²) >= 11 is 0. The largest absolute Gasteiger partial charge is 0.393 e. The summed E-state index contributed by atoms with van der Waals surface area (Å²) < 4.78 is 0. The standard InChI is InChI=1S/C18H24N2O2/c1-12(2)3-4-13-5-10-17(16(11-13)18(19)22)20-14-6-8-15(21)9-7-14/h5,10-12,14-15,20-21H,6-9H2,1-2H3,(H2,19,22). The van der Waals surface area contributed by atoms with Gasteiger partial charge >= 0.3 is 0 Å². The molecule has 1 aromatic rings. The zero-order valence-corrected chi connectivity index (χ0v) is 13.2. The van der Waals surface area contributed by atoms with E-state index in [9.17, 15) is 9.90 Å². The van der Waals surface area contributed by atoms with Crippen LogP contribution >= 0.6 is 0 Å². The van der Waals surface area contributed by atoms with Gasteiger partial charge in [0, 0.05) is 23.2 Å². The van der Waals surface area contributed by atoms with Crippen LogP contribution in [0.2, 0.25) is 0 Å². The van der Waals surface area contributed by atoms with Crippen molar-refractivity contribution in [2.24, 2.45) is 11.7 Å². The lowest BCUT2D eigenvalue weighted by Gasteiger charge is -2.27. The lowest BCUT2D eigenvalue weighted by atomic mass is 9.92. The number of rotatable bonds is 3. The highest BCUT2D eigenvalue weighted by atomic mass is 16.3. The van der Waals surface area contributed by atoms with Crippen molar-refractivity contribution >= 4 is 11.6 Å². The van der Waals surface area contributed by atoms with Gasteiger partial charge in [0.05, 0.1) is 11.7 Å². The molecule has 1 fully saturated rings. The SMILES string of the molecule is CC(C)C#Cc1ccc(NC2CCC(O)CC2)c(C(N)=O)c1. The highest BCUT2D eigenvalue weighted by Gasteiger charge is 2.20. The summed E-state index contributed by atoms with van der Waals surface area (Å²) in [6.07, 6.45) is 3.19. The van der Waals surface area contributed by atoms with Gasteiger partial charge in [-0.1, -0.05) is 25.7 Å². The molecule has 4 nitrogen and oxygen atoms in total. The first-order valence-electron chi connectivity index (χ1n) is 7.85. The smallest absolute Gasteiger partial charge is 0.250 e. The molecule has 0 heterocycles. The Labute approximate surface area is 132 Å². The van der Waals surface area contributed by atoms with E-state index in [1.807, 2.05) is 26.0 Å². The maximum atomic E-state index is 11.7. The molecular weight excluding hydrogens is 276 g/mol. The van der Waals surface area contributed by atoms with Crippen LogP contribution in [-0.4, -0.2) is 23.2 Å². The van der Waals surface area contributed by atoms with Crippen molar-refractivity contribution in [2.45, 2.75) is 51.7 Å². The third-order valence-electron chi connectivity index (χ3n) is 3.85. The third-order valence-corrected chi connectivity index (χ3v) is 3.85. The molecule has 0 radical (unpaired) electrons. The number of hydrogen-bond acceptors (Lipinski definition) is 3. The normalized spacial score (nSPS) is 21.1. The minimum Gasteiger partial charge on any atom is -0.393 e. The number of hydrogen-bond donors (Lipinski definition) is 3. The topological polar surface area (TPSA) is 75.3 Å². The first-order valence-corrected chi connectivity index (χ1v) is 7.85. The number of carbonyl (C=O) groups excluding carboxylic acids is 1. The molecule has 0 unspecified atom stereocenters. The van der Waals surface area contributed by atoms with Gasteiger partial charge in [-0.3, -0.25) is 4.79 Å². The summed E-state index contributed by atoms with van der Waals surface area (Å²) in [5.74, 6) is 5.97. The van der Waals surface area contributed by atoms with Crippen molar-refractivity contribution in [3.8, 4) is 11.8 Å². The maximum Gasteiger partial charge on any atom is 0.250 e. The van der Waals surface area contributed by atoms with Crippen molar-refractivity contribution in [3.05, 3.63) is 29.3 Å². The maximum absolute atomic E-state index is 11.7. The predicted octanol–water partition coefficient (Wildman–Crippen LogP) is 2.51. The Morgan fingerprint density at radius 2 is 2.00 bits per heavy atom. The zero-order valence-electron chi connectivity index (χ0n) is 13.2. The average Bonchev–Trinajstić information content (AvgIpc) is 2.48. The molecule has 22 heavy (non-hydrogen) atoms. The number of primary amides is 1. The first-order chi connectivity index (χ1) is 10.5. The molecular formula is C18H24N2O2. The Balaban J connectivity index is 2.17. The molecule has 0 spiro atoms. The predicted molar refractivity (Wildman–Crippen MR) is 88.6 cm³/mol. The van der Waals surface area contributed by atoms with Crippen molar-refractivity contribution in [1.82, 2.24) is 0 Å². The van der Waals surface area contributed by atoms with Crippen LogP contribution in [0.15, 0.2) is 18.2 Å². The summed E-state index contributed by atoms with van der Waals surface area (Å²) in [4.78, 5) is 11.7. The second-order valence-corrected chi connectivity index (χ2v) is 6.20. The van der Waals surface area contributed by atoms with Crippen LogP contribution < -0.4 is 11.1 Å². The Morgan fingerprint density at radius 3 is 2.59 bits per heavy atom. The molecule has 1 aliphatic carbocycles. The van der Waals surface area contributed by atoms with Gasteiger partial charge in [0.25, 0.3) is 5.91 Å². The number of carbonyl (C=O) groups is 1. The van der Waals surface area contributed by atoms with Gasteiger partial charge in [0.15, 0.2) is 0 Å². The number of benzene rings is 1. The molecule has 0 bridgehead atoms. The lowest BCUT2D eigenvalue weighted by Crippen LogP contribution is -2.29. The van der Waals surface area contributed by atoms with Gasteiger partial charge in [0.1, 0.15) is 0 Å². The molecule has 4 N–H and O–H groups in total. The van der Waals surface area contributed by atoms with E-state index in [1.54, 1.807) is 6.07 Å². The summed E-state index contributed by atoms with van der Waals surface area (Å²) in [5, 5.41) is 12.9. The van der Waals surface area contributed by atoms with Gasteiger partial charge in [0.2, 0.25) is 0 Å². The van der Waals surface area contributed by atoms with Gasteiger partial charge in [-0.2, -0.15) is 0 Å². The van der Waals surface area contributed by atoms with E-state index in [0.717, 1.165) is 36.9 Å². The highest BCUT2D eigenvalue weighted by Crippen LogP contribution is 2.24. The fourth-order valence-electron chi connectivity index (χ4n) is 2.62. The van der Waals surface area contributed by atoms with Crippen molar-refractivity contribution in [1.29, 1.82) is 0 Å². The molecule has 0 aliphatic heterocycles. The van der Waals surface area contributed by atoms with Crippen molar-refractivity contribution in [2.75, 3.05) is 5.32 Å². The Bertz CT molecular complexity index is 591. The van der Waals surface area contributed by atoms with E-state index >= 15 is 0 Å². The highest BCUT2D eigenvalue weighted by molar-refractivity contribution is 5.99. The Hall–Kier alpha value is -1.99. The molecule has 1 saturated carbocycles. The number of nitrogens with two attached hydrogens (primary N) is 1. The van der Waals surface area contributed by atoms with Gasteiger partial charge < -0.3 is 16.2 Å². The number of aliphatic hydroxyl groups excluding tert-OH is 1. The van der Waals surface area contributed by atoms with E-state index in [2.05, 4.69) is 17.2 Å². The van der Waals surface area contributed by atoms with Gasteiger partial charge in [-0.15, -0.1) is 0 Å². The van der Waals surface area contributed by atoms with Crippen LogP contribution in [0.5, 0.6) is 0 Å². The minimum absolute atomic E-state index is 0.192. The molecule has 118 valence electrons. The fourth-order valence-corrected chi connectivity index (χ4v) is 2.62. The molecule has 0 atom stereocenters. The first kappa shape index (κ1) is 16.4. The van der Waals surface area contributed by atoms with Crippen LogP contribution in [0, 0.1) is 17.8 Å². The second-order valence-electron chi connectivity index (χ2n) is 6.20. The van der Waals surface area contributed by atoms with Crippen LogP contribution in [-0.2, 0) is 0 Å². The van der Waals surface area contributed by atoms with Crippen LogP contribution in [0.25, 0.3) is 0 Å². The molecule has 1 aliphatic rings. The second kappa shape index (κ2) is 7.33. The van der Waals surface area contributed by atoms with Gasteiger partial charge in [-0.25, -0.2) is 0 Å². The fraction of sp³-hybridized carbons (Fsp3) is 0.500. The molecule has 0 saturated heterocycles. The van der Waals surface area contributed by atoms with Gasteiger partial charge in [-0.05, 0) is 43.9 Å². The van der Waals surface area contributed by atoms with E-state index in [-0.39, 0.29) is 18.1 Å². The summed E-state index contributed by atoms with van der Waals surface area (Å²) in [7, 11) is 0. The van der Waals surface area contributed by atoms with Crippen LogP contribution in [0.3, 0.4) is 0 Å². The van der Waals surface area contributed by atoms with Crippen LogP contribution in [0.1, 0.15) is 55.5 Å². The number of nitrogens with one attached hydrogen (secondary N) is 1. The number of aliphatic hydroxyl groups is 1. The molecule has 4 heteroatoms. The molecule has 2 rings (SSSR count).